The molecule has 0 bridgehead atoms. The van der Waals surface area contributed by atoms with E-state index in [1.807, 2.05) is 24.3 Å². The maximum absolute atomic E-state index is 12.4. The quantitative estimate of drug-likeness (QED) is 0.773. The molecule has 6 heteroatoms. The third-order valence-electron chi connectivity index (χ3n) is 2.96. The summed E-state index contributed by atoms with van der Waals surface area (Å²) < 4.78 is 6.10. The summed E-state index contributed by atoms with van der Waals surface area (Å²) in [7, 11) is 0. The number of rotatable bonds is 4. The Hall–Kier alpha value is -2.21. The van der Waals surface area contributed by atoms with Crippen LogP contribution in [0.1, 0.15) is 36.7 Å². The van der Waals surface area contributed by atoms with Crippen LogP contribution in [-0.2, 0) is 11.2 Å². The van der Waals surface area contributed by atoms with Crippen LogP contribution < -0.4 is 5.32 Å². The van der Waals surface area contributed by atoms with Gasteiger partial charge in [-0.3, -0.25) is 10.1 Å². The van der Waals surface area contributed by atoms with E-state index in [1.165, 1.54) is 6.20 Å². The molecule has 2 aromatic rings. The predicted molar refractivity (Wildman–Crippen MR) is 96.3 cm³/mol. The molecule has 2 rings (SSSR count). The molecular weight excluding hydrogens is 372 g/mol. The van der Waals surface area contributed by atoms with Crippen LogP contribution in [0.3, 0.4) is 0 Å². The molecular formula is C18H19BrN2O3. The Balaban J connectivity index is 2.06. The third kappa shape index (κ3) is 5.77. The van der Waals surface area contributed by atoms with Gasteiger partial charge in [-0.2, -0.15) is 0 Å². The van der Waals surface area contributed by atoms with Crippen molar-refractivity contribution >= 4 is 33.6 Å². The van der Waals surface area contributed by atoms with E-state index in [-0.39, 0.29) is 18.0 Å². The van der Waals surface area contributed by atoms with Crippen LogP contribution in [0.5, 0.6) is 0 Å². The van der Waals surface area contributed by atoms with Crippen LogP contribution in [0, 0.1) is 0 Å². The summed E-state index contributed by atoms with van der Waals surface area (Å²) in [6, 6.07) is 10.8. The average Bonchev–Trinajstić information content (AvgIpc) is 2.45. The van der Waals surface area contributed by atoms with E-state index in [4.69, 9.17) is 4.74 Å². The van der Waals surface area contributed by atoms with Crippen molar-refractivity contribution in [2.75, 3.05) is 5.32 Å². The van der Waals surface area contributed by atoms with Gasteiger partial charge in [0.05, 0.1) is 0 Å². The monoisotopic (exact) mass is 390 g/mol. The van der Waals surface area contributed by atoms with Gasteiger partial charge < -0.3 is 4.74 Å². The van der Waals surface area contributed by atoms with Crippen LogP contribution in [0.25, 0.3) is 0 Å². The van der Waals surface area contributed by atoms with E-state index in [2.05, 4.69) is 26.2 Å². The first-order chi connectivity index (χ1) is 11.2. The topological polar surface area (TPSA) is 68.3 Å². The highest BCUT2D eigenvalue weighted by Crippen LogP contribution is 2.16. The standard InChI is InChI=1S/C18H19BrN2O3/c1-18(2,3)24-17(23)21-16-11-13(7-8-20-16)15(22)10-12-5-4-6-14(19)9-12/h4-9,11H,10H2,1-3H3,(H,20,21,23). The summed E-state index contributed by atoms with van der Waals surface area (Å²) in [4.78, 5) is 28.2. The lowest BCUT2D eigenvalue weighted by Crippen LogP contribution is -2.27. The van der Waals surface area contributed by atoms with Gasteiger partial charge in [0, 0.05) is 22.7 Å². The Morgan fingerprint density at radius 1 is 1.21 bits per heavy atom. The van der Waals surface area contributed by atoms with E-state index in [0.717, 1.165) is 10.0 Å². The lowest BCUT2D eigenvalue weighted by Gasteiger charge is -2.19. The van der Waals surface area contributed by atoms with Crippen LogP contribution in [-0.4, -0.2) is 22.5 Å². The van der Waals surface area contributed by atoms with Gasteiger partial charge in [0.1, 0.15) is 11.4 Å². The molecule has 0 aliphatic heterocycles. The number of anilines is 1. The Kier molecular flexibility index (Phi) is 5.72. The number of hydrogen-bond donors (Lipinski definition) is 1. The van der Waals surface area contributed by atoms with Crippen LogP contribution >= 0.6 is 15.9 Å². The second-order valence-corrected chi connectivity index (χ2v) is 7.20. The maximum Gasteiger partial charge on any atom is 0.413 e. The lowest BCUT2D eigenvalue weighted by atomic mass is 10.0. The van der Waals surface area contributed by atoms with Crippen molar-refractivity contribution in [3.63, 3.8) is 0 Å². The Morgan fingerprint density at radius 3 is 2.62 bits per heavy atom. The lowest BCUT2D eigenvalue weighted by molar-refractivity contribution is 0.0635. The number of nitrogens with zero attached hydrogens (tertiary/aromatic N) is 1. The molecule has 24 heavy (non-hydrogen) atoms. The largest absolute Gasteiger partial charge is 0.444 e. The first kappa shape index (κ1) is 18.1. The maximum atomic E-state index is 12.4. The minimum Gasteiger partial charge on any atom is -0.444 e. The summed E-state index contributed by atoms with van der Waals surface area (Å²) in [5.41, 5.74) is 0.793. The highest BCUT2D eigenvalue weighted by atomic mass is 79.9. The SMILES string of the molecule is CC(C)(C)OC(=O)Nc1cc(C(=O)Cc2cccc(Br)c2)ccn1. The van der Waals surface area contributed by atoms with E-state index < -0.39 is 11.7 Å². The Bertz CT molecular complexity index is 754. The first-order valence-corrected chi connectivity index (χ1v) is 8.26. The average molecular weight is 391 g/mol. The molecule has 0 radical (unpaired) electrons. The highest BCUT2D eigenvalue weighted by Gasteiger charge is 2.17. The summed E-state index contributed by atoms with van der Waals surface area (Å²) in [5.74, 6) is 0.229. The van der Waals surface area contributed by atoms with Crippen LogP contribution in [0.15, 0.2) is 47.1 Å². The number of hydrogen-bond acceptors (Lipinski definition) is 4. The van der Waals surface area contributed by atoms with Crippen molar-refractivity contribution in [3.8, 4) is 0 Å². The van der Waals surface area contributed by atoms with E-state index >= 15 is 0 Å². The van der Waals surface area contributed by atoms with Gasteiger partial charge in [-0.25, -0.2) is 9.78 Å². The first-order valence-electron chi connectivity index (χ1n) is 7.47. The van der Waals surface area contributed by atoms with Gasteiger partial charge in [-0.1, -0.05) is 28.1 Å². The number of benzene rings is 1. The van der Waals surface area contributed by atoms with E-state index in [9.17, 15) is 9.59 Å². The number of nitrogens with one attached hydrogen (secondary N) is 1. The van der Waals surface area contributed by atoms with E-state index in [1.54, 1.807) is 32.9 Å². The van der Waals surface area contributed by atoms with Crippen molar-refractivity contribution in [2.45, 2.75) is 32.8 Å². The molecule has 126 valence electrons. The molecule has 0 unspecified atom stereocenters. The number of ketones is 1. The number of halogens is 1. The van der Waals surface area contributed by atoms with Gasteiger partial charge in [0.2, 0.25) is 0 Å². The second-order valence-electron chi connectivity index (χ2n) is 6.29. The van der Waals surface area contributed by atoms with Gasteiger partial charge in [0.15, 0.2) is 5.78 Å². The molecule has 0 saturated heterocycles. The fourth-order valence-electron chi connectivity index (χ4n) is 2.01. The molecule has 1 heterocycles. The smallest absolute Gasteiger partial charge is 0.413 e. The van der Waals surface area contributed by atoms with Crippen LogP contribution in [0.4, 0.5) is 10.6 Å². The van der Waals surface area contributed by atoms with Gasteiger partial charge in [-0.15, -0.1) is 0 Å². The van der Waals surface area contributed by atoms with Crippen molar-refractivity contribution < 1.29 is 14.3 Å². The minimum absolute atomic E-state index is 0.0530. The molecule has 1 aromatic heterocycles. The molecule has 0 fully saturated rings. The summed E-state index contributed by atoms with van der Waals surface area (Å²) in [6.07, 6.45) is 1.16. The van der Waals surface area contributed by atoms with Gasteiger partial charge in [-0.05, 0) is 50.6 Å². The predicted octanol–water partition coefficient (Wildman–Crippen LogP) is 4.62. The number of carbonyl (C=O) groups is 2. The molecule has 1 aromatic carbocycles. The molecule has 0 spiro atoms. The fourth-order valence-corrected chi connectivity index (χ4v) is 2.46. The Labute approximate surface area is 149 Å². The zero-order valence-corrected chi connectivity index (χ0v) is 15.4. The molecule has 1 amide bonds. The zero-order chi connectivity index (χ0) is 17.7. The molecule has 0 aliphatic carbocycles. The Morgan fingerprint density at radius 2 is 1.96 bits per heavy atom. The zero-order valence-electron chi connectivity index (χ0n) is 13.8. The number of ether oxygens (including phenoxy) is 1. The number of pyridine rings is 1. The summed E-state index contributed by atoms with van der Waals surface area (Å²) in [5, 5.41) is 2.53. The highest BCUT2D eigenvalue weighted by molar-refractivity contribution is 9.10. The van der Waals surface area contributed by atoms with Gasteiger partial charge >= 0.3 is 6.09 Å². The molecule has 5 nitrogen and oxygen atoms in total. The second kappa shape index (κ2) is 7.57. The molecule has 0 saturated carbocycles. The molecule has 1 N–H and O–H groups in total. The van der Waals surface area contributed by atoms with Crippen molar-refractivity contribution in [1.82, 2.24) is 4.98 Å². The van der Waals surface area contributed by atoms with Gasteiger partial charge in [0.25, 0.3) is 0 Å². The van der Waals surface area contributed by atoms with E-state index in [0.29, 0.717) is 5.56 Å². The minimum atomic E-state index is -0.605. The van der Waals surface area contributed by atoms with Crippen molar-refractivity contribution in [3.05, 3.63) is 58.2 Å². The molecule has 0 aliphatic rings. The summed E-state index contributed by atoms with van der Waals surface area (Å²) >= 11 is 3.39. The number of Topliss-reactive ketones (excluding diaryl/α,β-unsaturated/α-hetero) is 1. The van der Waals surface area contributed by atoms with Crippen LogP contribution in [0.2, 0.25) is 0 Å². The van der Waals surface area contributed by atoms with Crippen molar-refractivity contribution in [1.29, 1.82) is 0 Å². The third-order valence-corrected chi connectivity index (χ3v) is 3.46. The number of amides is 1. The fraction of sp³-hybridized carbons (Fsp3) is 0.278. The summed E-state index contributed by atoms with van der Waals surface area (Å²) in [6.45, 7) is 5.33. The number of carbonyl (C=O) groups excluding carboxylic acids is 2. The molecule has 0 atom stereocenters. The normalized spacial score (nSPS) is 11.0. The van der Waals surface area contributed by atoms with Crippen molar-refractivity contribution in [2.24, 2.45) is 0 Å². The number of aromatic nitrogens is 1.